The van der Waals surface area contributed by atoms with Gasteiger partial charge in [-0.15, -0.1) is 11.3 Å². The normalized spacial score (nSPS) is 18.5. The van der Waals surface area contributed by atoms with Crippen LogP contribution in [0.15, 0.2) is 42.3 Å². The van der Waals surface area contributed by atoms with E-state index < -0.39 is 0 Å². The molecule has 0 radical (unpaired) electrons. The van der Waals surface area contributed by atoms with Crippen LogP contribution in [0, 0.1) is 0 Å². The molecule has 0 bridgehead atoms. The van der Waals surface area contributed by atoms with Crippen LogP contribution in [0.25, 0.3) is 4.83 Å². The number of rotatable bonds is 2. The molecule has 106 valence electrons. The van der Waals surface area contributed by atoms with E-state index in [0.29, 0.717) is 11.6 Å². The van der Waals surface area contributed by atoms with Gasteiger partial charge in [0.05, 0.1) is 5.69 Å². The number of carbonyl (C=O) groups is 1. The number of pyridine rings is 1. The molecular weight excluding hydrogens is 284 g/mol. The maximum absolute atomic E-state index is 12.4. The van der Waals surface area contributed by atoms with Crippen LogP contribution >= 0.6 is 11.3 Å². The van der Waals surface area contributed by atoms with Gasteiger partial charge in [-0.25, -0.2) is 4.98 Å². The number of nitrogens with zero attached hydrogens (tertiary/aromatic N) is 4. The summed E-state index contributed by atoms with van der Waals surface area (Å²) >= 11 is 1.70. The molecule has 0 spiro atoms. The van der Waals surface area contributed by atoms with Crippen LogP contribution in [-0.2, 0) is 0 Å². The summed E-state index contributed by atoms with van der Waals surface area (Å²) < 4.78 is 2.04. The molecule has 1 atom stereocenters. The molecule has 1 aliphatic rings. The number of thiazole rings is 1. The molecule has 1 fully saturated rings. The molecule has 0 aromatic carbocycles. The first-order valence-corrected chi connectivity index (χ1v) is 7.81. The number of imidazole rings is 1. The fourth-order valence-corrected chi connectivity index (χ4v) is 3.74. The predicted molar refractivity (Wildman–Crippen MR) is 80.6 cm³/mol. The summed E-state index contributed by atoms with van der Waals surface area (Å²) in [4.78, 5) is 24.2. The van der Waals surface area contributed by atoms with E-state index in [0.717, 1.165) is 25.2 Å². The van der Waals surface area contributed by atoms with Crippen molar-refractivity contribution < 1.29 is 4.79 Å². The Morgan fingerprint density at radius 1 is 1.33 bits per heavy atom. The Hall–Kier alpha value is -2.21. The van der Waals surface area contributed by atoms with Crippen LogP contribution in [0.3, 0.4) is 0 Å². The highest BCUT2D eigenvalue weighted by molar-refractivity contribution is 7.15. The van der Waals surface area contributed by atoms with E-state index >= 15 is 0 Å². The zero-order valence-electron chi connectivity index (χ0n) is 11.3. The number of amides is 1. The third kappa shape index (κ3) is 2.12. The van der Waals surface area contributed by atoms with Gasteiger partial charge in [-0.1, -0.05) is 6.07 Å². The number of aromatic nitrogens is 3. The van der Waals surface area contributed by atoms with Crippen LogP contribution in [0.4, 0.5) is 0 Å². The second-order valence-electron chi connectivity index (χ2n) is 5.20. The lowest BCUT2D eigenvalue weighted by atomic mass is 10.1. The van der Waals surface area contributed by atoms with Crippen LogP contribution in [0.1, 0.15) is 28.5 Å². The third-order valence-electron chi connectivity index (χ3n) is 3.92. The second-order valence-corrected chi connectivity index (χ2v) is 6.09. The lowest BCUT2D eigenvalue weighted by Gasteiger charge is -2.15. The van der Waals surface area contributed by atoms with E-state index in [1.165, 1.54) is 4.83 Å². The molecule has 6 heteroatoms. The molecule has 1 saturated heterocycles. The Morgan fingerprint density at radius 3 is 3.14 bits per heavy atom. The number of hydrogen-bond acceptors (Lipinski definition) is 4. The summed E-state index contributed by atoms with van der Waals surface area (Å²) in [6, 6.07) is 5.43. The smallest absolute Gasteiger partial charge is 0.272 e. The van der Waals surface area contributed by atoms with Crippen molar-refractivity contribution >= 4 is 22.1 Å². The minimum Gasteiger partial charge on any atom is -0.337 e. The zero-order valence-corrected chi connectivity index (χ0v) is 12.2. The summed E-state index contributed by atoms with van der Waals surface area (Å²) in [7, 11) is 0. The van der Waals surface area contributed by atoms with Crippen molar-refractivity contribution in [2.75, 3.05) is 13.1 Å². The highest BCUT2D eigenvalue weighted by Gasteiger charge is 2.30. The Bertz CT molecular complexity index is 779. The topological polar surface area (TPSA) is 50.5 Å². The summed E-state index contributed by atoms with van der Waals surface area (Å²) in [5.41, 5.74) is 1.63. The van der Waals surface area contributed by atoms with Crippen LogP contribution in [0.5, 0.6) is 0 Å². The van der Waals surface area contributed by atoms with Gasteiger partial charge in [-0.2, -0.15) is 0 Å². The van der Waals surface area contributed by atoms with E-state index in [-0.39, 0.29) is 5.91 Å². The summed E-state index contributed by atoms with van der Waals surface area (Å²) in [5.74, 6) is 0.334. The van der Waals surface area contributed by atoms with Crippen molar-refractivity contribution in [3.05, 3.63) is 53.7 Å². The van der Waals surface area contributed by atoms with Crippen molar-refractivity contribution in [2.45, 2.75) is 12.3 Å². The van der Waals surface area contributed by atoms with Crippen LogP contribution in [-0.4, -0.2) is 38.3 Å². The van der Waals surface area contributed by atoms with E-state index in [2.05, 4.69) is 15.3 Å². The molecule has 0 N–H and O–H groups in total. The van der Waals surface area contributed by atoms with Crippen molar-refractivity contribution in [3.8, 4) is 0 Å². The number of likely N-dealkylation sites (tertiary alicyclic amines) is 1. The predicted octanol–water partition coefficient (Wildman–Crippen LogP) is 2.42. The fraction of sp³-hybridized carbons (Fsp3) is 0.267. The summed E-state index contributed by atoms with van der Waals surface area (Å²) in [6.45, 7) is 1.49. The zero-order chi connectivity index (χ0) is 14.2. The Morgan fingerprint density at radius 2 is 2.29 bits per heavy atom. The fourth-order valence-electron chi connectivity index (χ4n) is 2.85. The molecule has 1 amide bonds. The molecule has 0 unspecified atom stereocenters. The summed E-state index contributed by atoms with van der Waals surface area (Å²) in [6.07, 6.45) is 6.49. The SMILES string of the molecule is O=C(c1ccccn1)N1CC[C@H](c2ncn3ccsc23)C1. The first-order chi connectivity index (χ1) is 10.3. The standard InChI is InChI=1S/C15H14N4OS/c20-14(12-3-1-2-5-16-12)18-6-4-11(9-18)13-15-19(10-17-13)7-8-21-15/h1-3,5,7-8,10-11H,4,6,9H2/t11-/m0/s1. The van der Waals surface area contributed by atoms with Gasteiger partial charge >= 0.3 is 0 Å². The van der Waals surface area contributed by atoms with Crippen molar-refractivity contribution in [2.24, 2.45) is 0 Å². The average molecular weight is 298 g/mol. The minimum absolute atomic E-state index is 0.0136. The molecule has 0 aliphatic carbocycles. The van der Waals surface area contributed by atoms with Crippen LogP contribution in [0.2, 0.25) is 0 Å². The largest absolute Gasteiger partial charge is 0.337 e. The molecule has 3 aromatic heterocycles. The lowest BCUT2D eigenvalue weighted by molar-refractivity contribution is 0.0785. The Balaban J connectivity index is 1.55. The van der Waals surface area contributed by atoms with Crippen LogP contribution < -0.4 is 0 Å². The van der Waals surface area contributed by atoms with Crippen molar-refractivity contribution in [1.29, 1.82) is 0 Å². The van der Waals surface area contributed by atoms with E-state index in [1.54, 1.807) is 23.6 Å². The van der Waals surface area contributed by atoms with E-state index in [9.17, 15) is 4.79 Å². The molecule has 1 aliphatic heterocycles. The maximum atomic E-state index is 12.4. The lowest BCUT2D eigenvalue weighted by Crippen LogP contribution is -2.29. The number of fused-ring (bicyclic) bond motifs is 1. The van der Waals surface area contributed by atoms with Gasteiger partial charge in [-0.3, -0.25) is 14.2 Å². The van der Waals surface area contributed by atoms with Gasteiger partial charge in [0, 0.05) is 36.8 Å². The summed E-state index contributed by atoms with van der Waals surface area (Å²) in [5, 5.41) is 2.06. The van der Waals surface area contributed by atoms with Gasteiger partial charge in [0.2, 0.25) is 0 Å². The van der Waals surface area contributed by atoms with E-state index in [1.807, 2.05) is 34.0 Å². The molecule has 3 aromatic rings. The second kappa shape index (κ2) is 4.96. The molecular formula is C15H14N4OS. The molecule has 21 heavy (non-hydrogen) atoms. The average Bonchev–Trinajstić information content (AvgIpc) is 3.23. The van der Waals surface area contributed by atoms with Gasteiger partial charge < -0.3 is 4.90 Å². The van der Waals surface area contributed by atoms with Crippen molar-refractivity contribution in [1.82, 2.24) is 19.3 Å². The minimum atomic E-state index is 0.0136. The highest BCUT2D eigenvalue weighted by atomic mass is 32.1. The molecule has 5 nitrogen and oxygen atoms in total. The van der Waals surface area contributed by atoms with Crippen molar-refractivity contribution in [3.63, 3.8) is 0 Å². The van der Waals surface area contributed by atoms with E-state index in [4.69, 9.17) is 0 Å². The Kier molecular flexibility index (Phi) is 2.96. The number of hydrogen-bond donors (Lipinski definition) is 0. The highest BCUT2D eigenvalue weighted by Crippen LogP contribution is 2.31. The third-order valence-corrected chi connectivity index (χ3v) is 4.82. The first-order valence-electron chi connectivity index (χ1n) is 6.93. The maximum Gasteiger partial charge on any atom is 0.272 e. The molecule has 0 saturated carbocycles. The monoisotopic (exact) mass is 298 g/mol. The Labute approximate surface area is 125 Å². The van der Waals surface area contributed by atoms with Gasteiger partial charge in [0.1, 0.15) is 16.9 Å². The quantitative estimate of drug-likeness (QED) is 0.730. The molecule has 4 heterocycles. The first kappa shape index (κ1) is 12.5. The number of carbonyl (C=O) groups excluding carboxylic acids is 1. The van der Waals surface area contributed by atoms with Gasteiger partial charge in [-0.05, 0) is 18.6 Å². The van der Waals surface area contributed by atoms with Gasteiger partial charge in [0.25, 0.3) is 5.91 Å². The molecule has 4 rings (SSSR count). The van der Waals surface area contributed by atoms with Gasteiger partial charge in [0.15, 0.2) is 0 Å².